The molecule has 28 heavy (non-hydrogen) atoms. The number of phenolic OH excluding ortho intramolecular Hbond substituents is 1. The van der Waals surface area contributed by atoms with Crippen LogP contribution in [-0.4, -0.2) is 27.4 Å². The lowest BCUT2D eigenvalue weighted by Crippen LogP contribution is -2.30. The van der Waals surface area contributed by atoms with Crippen LogP contribution in [0.4, 0.5) is 11.4 Å². The van der Waals surface area contributed by atoms with Crippen LogP contribution in [0.3, 0.4) is 0 Å². The number of hydrogen-bond acceptors (Lipinski definition) is 4. The molecule has 1 N–H and O–H groups in total. The molecule has 1 heterocycles. The molecule has 5 heteroatoms. The van der Waals surface area contributed by atoms with Gasteiger partial charge in [-0.1, -0.05) is 58.7 Å². The minimum absolute atomic E-state index is 0.0635. The van der Waals surface area contributed by atoms with Crippen LogP contribution in [0.5, 0.6) is 5.75 Å². The van der Waals surface area contributed by atoms with Gasteiger partial charge in [0.2, 0.25) is 0 Å². The van der Waals surface area contributed by atoms with Crippen molar-refractivity contribution in [3.8, 4) is 5.75 Å². The van der Waals surface area contributed by atoms with Gasteiger partial charge in [-0.05, 0) is 42.9 Å². The largest absolute Gasteiger partial charge is 0.507 e. The Balaban J connectivity index is 0.00000136. The van der Waals surface area contributed by atoms with Gasteiger partial charge >= 0.3 is 0 Å². The van der Waals surface area contributed by atoms with E-state index in [0.717, 1.165) is 47.0 Å². The lowest BCUT2D eigenvalue weighted by atomic mass is 9.97. The number of fused-ring (bicyclic) bond motifs is 1. The van der Waals surface area contributed by atoms with Crippen molar-refractivity contribution in [3.63, 3.8) is 0 Å². The number of benzene rings is 2. The van der Waals surface area contributed by atoms with Crippen LogP contribution in [0.1, 0.15) is 47.0 Å². The summed E-state index contributed by atoms with van der Waals surface area (Å²) in [6.07, 6.45) is 5.31. The first-order valence-electron chi connectivity index (χ1n) is 10.2. The van der Waals surface area contributed by atoms with Crippen molar-refractivity contribution in [3.05, 3.63) is 42.5 Å². The van der Waals surface area contributed by atoms with Gasteiger partial charge in [-0.3, -0.25) is 4.21 Å². The summed E-state index contributed by atoms with van der Waals surface area (Å²) in [5.41, 5.74) is 2.07. The average Bonchev–Trinajstić information content (AvgIpc) is 2.84. The molecule has 1 aliphatic rings. The summed E-state index contributed by atoms with van der Waals surface area (Å²) < 4.78 is 13.3. The molecular formula is C23H33NO2S2. The minimum Gasteiger partial charge on any atom is -0.507 e. The quantitative estimate of drug-likeness (QED) is 0.555. The Morgan fingerprint density at radius 1 is 1.21 bits per heavy atom. The fourth-order valence-electron chi connectivity index (χ4n) is 3.58. The number of para-hydroxylation sites is 1. The molecule has 3 unspecified atom stereocenters. The van der Waals surface area contributed by atoms with Crippen LogP contribution in [0, 0.1) is 5.92 Å². The number of hydrogen-bond donors (Lipinski definition) is 1. The summed E-state index contributed by atoms with van der Waals surface area (Å²) in [6, 6.07) is 14.0. The number of anilines is 2. The molecule has 0 saturated heterocycles. The Hall–Kier alpha value is -1.46. The molecule has 0 spiro atoms. The van der Waals surface area contributed by atoms with Crippen LogP contribution < -0.4 is 4.90 Å². The second-order valence-electron chi connectivity index (χ2n) is 6.84. The molecule has 0 bridgehead atoms. The van der Waals surface area contributed by atoms with Crippen LogP contribution in [0.15, 0.2) is 52.3 Å². The average molecular weight is 420 g/mol. The molecule has 2 aromatic carbocycles. The molecule has 0 fully saturated rings. The second kappa shape index (κ2) is 10.9. The van der Waals surface area contributed by atoms with Gasteiger partial charge in [0.05, 0.1) is 26.3 Å². The third kappa shape index (κ3) is 4.93. The van der Waals surface area contributed by atoms with Crippen molar-refractivity contribution in [2.75, 3.05) is 17.7 Å². The third-order valence-corrected chi connectivity index (χ3v) is 7.77. The van der Waals surface area contributed by atoms with Crippen LogP contribution in [0.25, 0.3) is 0 Å². The SMILES string of the molecule is CC.CCCCC1CN(c2ccccc2)c2cc(SC)c(O)cc2S(=O)C1C. The maximum absolute atomic E-state index is 13.3. The van der Waals surface area contributed by atoms with E-state index in [4.69, 9.17) is 0 Å². The summed E-state index contributed by atoms with van der Waals surface area (Å²) in [4.78, 5) is 3.85. The predicted molar refractivity (Wildman–Crippen MR) is 124 cm³/mol. The zero-order valence-electron chi connectivity index (χ0n) is 17.6. The number of phenols is 1. The molecule has 1 aliphatic heterocycles. The number of nitrogens with zero attached hydrogens (tertiary/aromatic N) is 1. The number of rotatable bonds is 5. The van der Waals surface area contributed by atoms with Crippen molar-refractivity contribution < 1.29 is 9.32 Å². The molecule has 3 nitrogen and oxygen atoms in total. The molecule has 2 aromatic rings. The minimum atomic E-state index is -1.14. The number of unbranched alkanes of at least 4 members (excludes halogenated alkanes) is 1. The van der Waals surface area contributed by atoms with Crippen LogP contribution >= 0.6 is 11.8 Å². The molecule has 154 valence electrons. The zero-order chi connectivity index (χ0) is 20.7. The lowest BCUT2D eigenvalue weighted by Gasteiger charge is -2.29. The fraction of sp³-hybridized carbons (Fsp3) is 0.478. The predicted octanol–water partition coefficient (Wildman–Crippen LogP) is 6.59. The highest BCUT2D eigenvalue weighted by Gasteiger charge is 2.33. The van der Waals surface area contributed by atoms with Gasteiger partial charge in [-0.2, -0.15) is 0 Å². The monoisotopic (exact) mass is 419 g/mol. The normalized spacial score (nSPS) is 21.3. The van der Waals surface area contributed by atoms with Gasteiger partial charge in [0.1, 0.15) is 5.75 Å². The fourth-order valence-corrected chi connectivity index (χ4v) is 5.65. The first kappa shape index (κ1) is 22.8. The number of thioether (sulfide) groups is 1. The van der Waals surface area contributed by atoms with E-state index in [1.807, 2.05) is 44.4 Å². The van der Waals surface area contributed by atoms with E-state index in [9.17, 15) is 9.32 Å². The number of aromatic hydroxyl groups is 1. The Morgan fingerprint density at radius 3 is 2.50 bits per heavy atom. The van der Waals surface area contributed by atoms with Crippen molar-refractivity contribution in [2.45, 2.75) is 62.0 Å². The molecule has 3 atom stereocenters. The van der Waals surface area contributed by atoms with Crippen molar-refractivity contribution >= 4 is 33.9 Å². The highest BCUT2D eigenvalue weighted by atomic mass is 32.2. The Kier molecular flexibility index (Phi) is 8.90. The summed E-state index contributed by atoms with van der Waals surface area (Å²) in [5.74, 6) is 0.570. The second-order valence-corrected chi connectivity index (χ2v) is 9.47. The van der Waals surface area contributed by atoms with E-state index in [2.05, 4.69) is 30.9 Å². The molecule has 0 amide bonds. The molecule has 3 rings (SSSR count). The topological polar surface area (TPSA) is 40.5 Å². The van der Waals surface area contributed by atoms with Crippen molar-refractivity contribution in [2.24, 2.45) is 5.92 Å². The smallest absolute Gasteiger partial charge is 0.130 e. The maximum atomic E-state index is 13.3. The van der Waals surface area contributed by atoms with Crippen LogP contribution in [-0.2, 0) is 10.8 Å². The lowest BCUT2D eigenvalue weighted by molar-refractivity contribution is 0.460. The molecule has 0 saturated carbocycles. The van der Waals surface area contributed by atoms with Gasteiger partial charge < -0.3 is 10.0 Å². The van der Waals surface area contributed by atoms with Gasteiger partial charge in [0, 0.05) is 17.5 Å². The first-order chi connectivity index (χ1) is 13.6. The van der Waals surface area contributed by atoms with Gasteiger partial charge in [-0.25, -0.2) is 0 Å². The summed E-state index contributed by atoms with van der Waals surface area (Å²) in [6.45, 7) is 9.14. The summed E-state index contributed by atoms with van der Waals surface area (Å²) in [5, 5.41) is 10.4. The Bertz CT molecular complexity index is 780. The molecule has 0 aliphatic carbocycles. The highest BCUT2D eigenvalue weighted by molar-refractivity contribution is 7.98. The maximum Gasteiger partial charge on any atom is 0.130 e. The van der Waals surface area contributed by atoms with Crippen LogP contribution in [0.2, 0.25) is 0 Å². The van der Waals surface area contributed by atoms with Crippen molar-refractivity contribution in [1.29, 1.82) is 0 Å². The summed E-state index contributed by atoms with van der Waals surface area (Å²) in [7, 11) is -1.14. The van der Waals surface area contributed by atoms with Gasteiger partial charge in [-0.15, -0.1) is 11.8 Å². The standard InChI is InChI=1S/C21H27NO2S2.C2H6/c1-4-5-9-16-14-22(17-10-7-6-8-11-17)18-12-20(25-3)19(23)13-21(18)26(24)15(16)2;1-2/h6-8,10-13,15-16,23H,4-5,9,14H2,1-3H3;1-2H3. The summed E-state index contributed by atoms with van der Waals surface area (Å²) >= 11 is 1.51. The van der Waals surface area contributed by atoms with E-state index < -0.39 is 10.8 Å². The van der Waals surface area contributed by atoms with E-state index >= 15 is 0 Å². The third-order valence-electron chi connectivity index (χ3n) is 5.18. The van der Waals surface area contributed by atoms with E-state index in [1.54, 1.807) is 6.07 Å². The Morgan fingerprint density at radius 2 is 1.89 bits per heavy atom. The van der Waals surface area contributed by atoms with Gasteiger partial charge in [0.25, 0.3) is 0 Å². The molecule has 0 aromatic heterocycles. The molecule has 0 radical (unpaired) electrons. The van der Waals surface area contributed by atoms with E-state index in [1.165, 1.54) is 11.8 Å². The first-order valence-corrected chi connectivity index (χ1v) is 12.6. The molecular weight excluding hydrogens is 386 g/mol. The van der Waals surface area contributed by atoms with E-state index in [0.29, 0.717) is 5.92 Å². The van der Waals surface area contributed by atoms with Crippen molar-refractivity contribution in [1.82, 2.24) is 0 Å². The zero-order valence-corrected chi connectivity index (χ0v) is 19.3. The van der Waals surface area contributed by atoms with E-state index in [-0.39, 0.29) is 11.0 Å². The van der Waals surface area contributed by atoms with Gasteiger partial charge in [0.15, 0.2) is 0 Å². The highest BCUT2D eigenvalue weighted by Crippen LogP contribution is 2.43. The Labute approximate surface area is 177 Å².